The van der Waals surface area contributed by atoms with E-state index in [0.29, 0.717) is 25.8 Å². The highest BCUT2D eigenvalue weighted by atomic mass is 16.6. The number of carbonyl (C=O) groups excluding carboxylic acids is 3. The van der Waals surface area contributed by atoms with Crippen molar-refractivity contribution in [1.29, 1.82) is 0 Å². The second-order valence-corrected chi connectivity index (χ2v) is 6.98. The predicted octanol–water partition coefficient (Wildman–Crippen LogP) is 1.80. The Hall–Kier alpha value is -2.57. The van der Waals surface area contributed by atoms with Crippen LogP contribution in [0.2, 0.25) is 0 Å². The van der Waals surface area contributed by atoms with Gasteiger partial charge in [0.15, 0.2) is 0 Å². The summed E-state index contributed by atoms with van der Waals surface area (Å²) in [4.78, 5) is 37.9. The molecule has 0 unspecified atom stereocenters. The molecule has 2 rings (SSSR count). The average Bonchev–Trinajstić information content (AvgIpc) is 3.09. The van der Waals surface area contributed by atoms with Gasteiger partial charge in [0.2, 0.25) is 11.8 Å². The van der Waals surface area contributed by atoms with Gasteiger partial charge in [-0.15, -0.1) is 0 Å². The molecule has 142 valence electrons. The fourth-order valence-electron chi connectivity index (χ4n) is 3.05. The maximum absolute atomic E-state index is 12.6. The van der Waals surface area contributed by atoms with Crippen molar-refractivity contribution in [1.82, 2.24) is 10.2 Å². The molecule has 7 nitrogen and oxygen atoms in total. The van der Waals surface area contributed by atoms with Crippen molar-refractivity contribution >= 4 is 17.9 Å². The maximum atomic E-state index is 12.6. The number of hydrogen-bond donors (Lipinski definition) is 2. The average molecular weight is 361 g/mol. The zero-order chi connectivity index (χ0) is 19.1. The lowest BCUT2D eigenvalue weighted by Crippen LogP contribution is -2.52. The highest BCUT2D eigenvalue weighted by molar-refractivity contribution is 5.91. The maximum Gasteiger partial charge on any atom is 0.410 e. The van der Waals surface area contributed by atoms with Crippen LogP contribution in [0.15, 0.2) is 30.3 Å². The van der Waals surface area contributed by atoms with E-state index in [1.807, 2.05) is 44.2 Å². The lowest BCUT2D eigenvalue weighted by atomic mass is 10.0. The highest BCUT2D eigenvalue weighted by Crippen LogP contribution is 2.19. The number of nitrogens with two attached hydrogens (primary N) is 1. The molecule has 1 heterocycles. The molecule has 1 aromatic rings. The lowest BCUT2D eigenvalue weighted by Gasteiger charge is -2.25. The van der Waals surface area contributed by atoms with Crippen molar-refractivity contribution in [3.63, 3.8) is 0 Å². The standard InChI is InChI=1S/C19H27N3O4/c1-13(2)11-15(17(20)23)21-18(24)16-9-6-10-22(16)19(25)26-12-14-7-4-3-5-8-14/h3-5,7-8,13,15-16H,6,9-12H2,1-2H3,(H2,20,23)(H,21,24)/t15-,16-/m1/s1. The van der Waals surface area contributed by atoms with Crippen molar-refractivity contribution in [3.8, 4) is 0 Å². The number of benzene rings is 1. The third-order valence-corrected chi connectivity index (χ3v) is 4.36. The van der Waals surface area contributed by atoms with Crippen molar-refractivity contribution in [2.24, 2.45) is 11.7 Å². The van der Waals surface area contributed by atoms with Crippen LogP contribution >= 0.6 is 0 Å². The van der Waals surface area contributed by atoms with Gasteiger partial charge in [0, 0.05) is 6.54 Å². The molecule has 0 saturated carbocycles. The molecule has 0 spiro atoms. The largest absolute Gasteiger partial charge is 0.445 e. The van der Waals surface area contributed by atoms with Crippen LogP contribution in [0.4, 0.5) is 4.79 Å². The highest BCUT2D eigenvalue weighted by Gasteiger charge is 2.36. The summed E-state index contributed by atoms with van der Waals surface area (Å²) in [6.07, 6.45) is 1.20. The van der Waals surface area contributed by atoms with Gasteiger partial charge in [-0.3, -0.25) is 14.5 Å². The first-order valence-corrected chi connectivity index (χ1v) is 8.95. The second-order valence-electron chi connectivity index (χ2n) is 6.98. The zero-order valence-corrected chi connectivity index (χ0v) is 15.3. The fraction of sp³-hybridized carbons (Fsp3) is 0.526. The van der Waals surface area contributed by atoms with E-state index in [9.17, 15) is 14.4 Å². The summed E-state index contributed by atoms with van der Waals surface area (Å²) in [6, 6.07) is 7.99. The Balaban J connectivity index is 1.94. The lowest BCUT2D eigenvalue weighted by molar-refractivity contribution is -0.130. The Bertz CT molecular complexity index is 633. The van der Waals surface area contributed by atoms with Gasteiger partial charge in [-0.25, -0.2) is 4.79 Å². The van der Waals surface area contributed by atoms with Crippen LogP contribution in [-0.4, -0.2) is 41.4 Å². The van der Waals surface area contributed by atoms with E-state index in [1.165, 1.54) is 4.90 Å². The van der Waals surface area contributed by atoms with Gasteiger partial charge in [0.25, 0.3) is 0 Å². The monoisotopic (exact) mass is 361 g/mol. The number of rotatable bonds is 7. The number of carbonyl (C=O) groups is 3. The molecule has 26 heavy (non-hydrogen) atoms. The normalized spacial score (nSPS) is 17.8. The molecule has 0 aromatic heterocycles. The summed E-state index contributed by atoms with van der Waals surface area (Å²) in [6.45, 7) is 4.51. The second kappa shape index (κ2) is 9.22. The van der Waals surface area contributed by atoms with Crippen molar-refractivity contribution < 1.29 is 19.1 Å². The minimum atomic E-state index is -0.731. The first kappa shape index (κ1) is 19.8. The molecule has 1 saturated heterocycles. The quantitative estimate of drug-likeness (QED) is 0.773. The van der Waals surface area contributed by atoms with E-state index in [0.717, 1.165) is 5.56 Å². The van der Waals surface area contributed by atoms with Crippen LogP contribution < -0.4 is 11.1 Å². The number of primary amides is 1. The fourth-order valence-corrected chi connectivity index (χ4v) is 3.05. The molecule has 0 aliphatic carbocycles. The van der Waals surface area contributed by atoms with Crippen LogP contribution in [0.5, 0.6) is 0 Å². The Morgan fingerprint density at radius 2 is 1.96 bits per heavy atom. The molecule has 1 fully saturated rings. The summed E-state index contributed by atoms with van der Waals surface area (Å²) in [5.74, 6) is -0.713. The van der Waals surface area contributed by atoms with E-state index in [1.54, 1.807) is 0 Å². The molecular weight excluding hydrogens is 334 g/mol. The third-order valence-electron chi connectivity index (χ3n) is 4.36. The number of nitrogens with one attached hydrogen (secondary N) is 1. The Morgan fingerprint density at radius 3 is 2.58 bits per heavy atom. The summed E-state index contributed by atoms with van der Waals surface area (Å²) in [7, 11) is 0. The Morgan fingerprint density at radius 1 is 1.27 bits per heavy atom. The van der Waals surface area contributed by atoms with Crippen molar-refractivity contribution in [2.75, 3.05) is 6.54 Å². The van der Waals surface area contributed by atoms with Gasteiger partial charge >= 0.3 is 6.09 Å². The van der Waals surface area contributed by atoms with Crippen LogP contribution in [0, 0.1) is 5.92 Å². The first-order valence-electron chi connectivity index (χ1n) is 8.95. The van der Waals surface area contributed by atoms with Gasteiger partial charge in [-0.05, 0) is 30.7 Å². The summed E-state index contributed by atoms with van der Waals surface area (Å²) in [5.41, 5.74) is 6.26. The third kappa shape index (κ3) is 5.47. The summed E-state index contributed by atoms with van der Waals surface area (Å²) >= 11 is 0. The number of likely N-dealkylation sites (tertiary alicyclic amines) is 1. The zero-order valence-electron chi connectivity index (χ0n) is 15.3. The number of hydrogen-bond acceptors (Lipinski definition) is 4. The molecule has 0 radical (unpaired) electrons. The van der Waals surface area contributed by atoms with Crippen LogP contribution in [0.1, 0.15) is 38.7 Å². The molecular formula is C19H27N3O4. The van der Waals surface area contributed by atoms with Gasteiger partial charge in [-0.1, -0.05) is 44.2 Å². The van der Waals surface area contributed by atoms with Gasteiger partial charge < -0.3 is 15.8 Å². The number of amides is 3. The molecule has 2 atom stereocenters. The number of nitrogens with zero attached hydrogens (tertiary/aromatic N) is 1. The summed E-state index contributed by atoms with van der Waals surface area (Å²) < 4.78 is 5.32. The van der Waals surface area contributed by atoms with E-state index >= 15 is 0 Å². The van der Waals surface area contributed by atoms with Gasteiger partial charge in [-0.2, -0.15) is 0 Å². The van der Waals surface area contributed by atoms with Crippen LogP contribution in [0.3, 0.4) is 0 Å². The van der Waals surface area contributed by atoms with Crippen molar-refractivity contribution in [3.05, 3.63) is 35.9 Å². The molecule has 1 aromatic carbocycles. The molecule has 1 aliphatic rings. The van der Waals surface area contributed by atoms with E-state index in [-0.39, 0.29) is 18.4 Å². The minimum absolute atomic E-state index is 0.155. The topological polar surface area (TPSA) is 102 Å². The van der Waals surface area contributed by atoms with Crippen LogP contribution in [-0.2, 0) is 20.9 Å². The van der Waals surface area contributed by atoms with E-state index < -0.39 is 24.1 Å². The molecule has 0 bridgehead atoms. The van der Waals surface area contributed by atoms with Gasteiger partial charge in [0.05, 0.1) is 0 Å². The van der Waals surface area contributed by atoms with E-state index in [4.69, 9.17) is 10.5 Å². The van der Waals surface area contributed by atoms with Crippen molar-refractivity contribution in [2.45, 2.75) is 51.8 Å². The summed E-state index contributed by atoms with van der Waals surface area (Å²) in [5, 5.41) is 2.69. The Labute approximate surface area is 153 Å². The van der Waals surface area contributed by atoms with Crippen LogP contribution in [0.25, 0.3) is 0 Å². The Kier molecular flexibility index (Phi) is 7.00. The minimum Gasteiger partial charge on any atom is -0.445 e. The molecule has 1 aliphatic heterocycles. The van der Waals surface area contributed by atoms with Gasteiger partial charge in [0.1, 0.15) is 18.7 Å². The SMILES string of the molecule is CC(C)C[C@@H](NC(=O)[C@H]1CCCN1C(=O)OCc1ccccc1)C(N)=O. The number of ether oxygens (including phenoxy) is 1. The smallest absolute Gasteiger partial charge is 0.410 e. The first-order chi connectivity index (χ1) is 12.4. The molecule has 3 amide bonds. The van der Waals surface area contributed by atoms with E-state index in [2.05, 4.69) is 5.32 Å². The molecule has 7 heteroatoms. The predicted molar refractivity (Wildman–Crippen MR) is 96.9 cm³/mol. The molecule has 3 N–H and O–H groups in total.